The van der Waals surface area contributed by atoms with E-state index in [-0.39, 0.29) is 42.7 Å². The van der Waals surface area contributed by atoms with Crippen molar-refractivity contribution in [3.8, 4) is 0 Å². The van der Waals surface area contributed by atoms with E-state index in [2.05, 4.69) is 27.7 Å². The second kappa shape index (κ2) is 11.3. The van der Waals surface area contributed by atoms with Crippen LogP contribution in [0.3, 0.4) is 0 Å². The Balaban J connectivity index is 0.00000242. The van der Waals surface area contributed by atoms with E-state index in [0.29, 0.717) is 5.92 Å². The highest BCUT2D eigenvalue weighted by Crippen LogP contribution is 2.20. The lowest BCUT2D eigenvalue weighted by atomic mass is 9.96. The highest BCUT2D eigenvalue weighted by atomic mass is 35.5. The normalized spacial score (nSPS) is 18.4. The van der Waals surface area contributed by atoms with E-state index < -0.39 is 0 Å². The molecule has 4 nitrogen and oxygen atoms in total. The van der Waals surface area contributed by atoms with E-state index in [0.717, 1.165) is 39.0 Å². The van der Waals surface area contributed by atoms with Gasteiger partial charge in [0.25, 0.3) is 0 Å². The van der Waals surface area contributed by atoms with Crippen molar-refractivity contribution in [2.45, 2.75) is 39.3 Å². The van der Waals surface area contributed by atoms with Gasteiger partial charge in [0.1, 0.15) is 0 Å². The van der Waals surface area contributed by atoms with Gasteiger partial charge in [0.05, 0.1) is 0 Å². The quantitative estimate of drug-likeness (QED) is 0.796. The Bertz CT molecular complexity index is 435. The van der Waals surface area contributed by atoms with Crippen LogP contribution in [0.5, 0.6) is 0 Å². The molecule has 23 heavy (non-hydrogen) atoms. The van der Waals surface area contributed by atoms with Gasteiger partial charge in [0.2, 0.25) is 5.91 Å². The molecule has 0 bridgehead atoms. The number of nitrogens with two attached hydrogens (primary N) is 1. The van der Waals surface area contributed by atoms with Crippen LogP contribution in [0.4, 0.5) is 0 Å². The molecule has 1 amide bonds. The Morgan fingerprint density at radius 3 is 2.57 bits per heavy atom. The number of hydrogen-bond donors (Lipinski definition) is 2. The number of piperidine rings is 1. The fourth-order valence-electron chi connectivity index (χ4n) is 2.62. The zero-order chi connectivity index (χ0) is 15.2. The fourth-order valence-corrected chi connectivity index (χ4v) is 3.36. The van der Waals surface area contributed by atoms with Crippen molar-refractivity contribution in [1.29, 1.82) is 0 Å². The van der Waals surface area contributed by atoms with Crippen LogP contribution in [0.2, 0.25) is 0 Å². The monoisotopic (exact) mass is 381 g/mol. The van der Waals surface area contributed by atoms with Gasteiger partial charge >= 0.3 is 0 Å². The summed E-state index contributed by atoms with van der Waals surface area (Å²) >= 11 is 1.83. The van der Waals surface area contributed by atoms with Gasteiger partial charge in [0.15, 0.2) is 0 Å². The number of rotatable bonds is 6. The highest BCUT2D eigenvalue weighted by Gasteiger charge is 2.22. The average Bonchev–Trinajstić information content (AvgIpc) is 2.98. The molecule has 2 atom stereocenters. The Hall–Kier alpha value is -0.330. The van der Waals surface area contributed by atoms with Crippen LogP contribution in [-0.2, 0) is 11.3 Å². The number of halogens is 2. The van der Waals surface area contributed by atoms with Crippen molar-refractivity contribution >= 4 is 42.1 Å². The minimum Gasteiger partial charge on any atom is -0.356 e. The predicted octanol–water partition coefficient (Wildman–Crippen LogP) is 2.90. The molecule has 0 aromatic carbocycles. The Morgan fingerprint density at radius 1 is 1.39 bits per heavy atom. The van der Waals surface area contributed by atoms with Gasteiger partial charge in [-0.1, -0.05) is 13.0 Å². The SMILES string of the molecule is CC(N)C(C)C(=O)NCC1CCN(Cc2cccs2)CC1.Cl.Cl. The van der Waals surface area contributed by atoms with Crippen LogP contribution in [0, 0.1) is 11.8 Å². The Morgan fingerprint density at radius 2 is 2.04 bits per heavy atom. The second-order valence-corrected chi connectivity index (χ2v) is 7.22. The van der Waals surface area contributed by atoms with Gasteiger partial charge in [-0.25, -0.2) is 0 Å². The summed E-state index contributed by atoms with van der Waals surface area (Å²) in [6.45, 7) is 7.89. The van der Waals surface area contributed by atoms with Gasteiger partial charge in [0, 0.05) is 29.9 Å². The number of carbonyl (C=O) groups is 1. The lowest BCUT2D eigenvalue weighted by Crippen LogP contribution is -2.42. The molecule has 0 aliphatic carbocycles. The van der Waals surface area contributed by atoms with Gasteiger partial charge in [-0.3, -0.25) is 9.69 Å². The standard InChI is InChI=1S/C16H27N3OS.2ClH/c1-12(13(2)17)16(20)18-10-14-5-7-19(8-6-14)11-15-4-3-9-21-15;;/h3-4,9,12-14H,5-8,10-11,17H2,1-2H3,(H,18,20);2*1H. The maximum Gasteiger partial charge on any atom is 0.224 e. The summed E-state index contributed by atoms with van der Waals surface area (Å²) in [6.07, 6.45) is 2.33. The molecule has 1 aliphatic heterocycles. The zero-order valence-electron chi connectivity index (χ0n) is 13.9. The van der Waals surface area contributed by atoms with Crippen LogP contribution >= 0.6 is 36.2 Å². The largest absolute Gasteiger partial charge is 0.356 e. The van der Waals surface area contributed by atoms with Crippen molar-refractivity contribution in [3.63, 3.8) is 0 Å². The number of hydrogen-bond acceptors (Lipinski definition) is 4. The number of amides is 1. The van der Waals surface area contributed by atoms with Crippen LogP contribution in [0.25, 0.3) is 0 Å². The number of likely N-dealkylation sites (tertiary alicyclic amines) is 1. The third-order valence-corrected chi connectivity index (χ3v) is 5.30. The molecule has 1 saturated heterocycles. The molecule has 1 fully saturated rings. The number of nitrogens with one attached hydrogen (secondary N) is 1. The van der Waals surface area contributed by atoms with Gasteiger partial charge in [-0.15, -0.1) is 36.2 Å². The first-order valence-electron chi connectivity index (χ1n) is 7.84. The van der Waals surface area contributed by atoms with Crippen LogP contribution in [0.1, 0.15) is 31.6 Å². The van der Waals surface area contributed by atoms with Crippen molar-refractivity contribution < 1.29 is 4.79 Å². The van der Waals surface area contributed by atoms with Gasteiger partial charge < -0.3 is 11.1 Å². The molecule has 7 heteroatoms. The Labute approximate surface area is 156 Å². The highest BCUT2D eigenvalue weighted by molar-refractivity contribution is 7.09. The topological polar surface area (TPSA) is 58.4 Å². The lowest BCUT2D eigenvalue weighted by molar-refractivity contribution is -0.125. The molecule has 0 spiro atoms. The predicted molar refractivity (Wildman–Crippen MR) is 103 cm³/mol. The lowest BCUT2D eigenvalue weighted by Gasteiger charge is -2.32. The molecule has 1 aliphatic rings. The van der Waals surface area contributed by atoms with E-state index in [1.165, 1.54) is 4.88 Å². The van der Waals surface area contributed by atoms with E-state index >= 15 is 0 Å². The molecule has 3 N–H and O–H groups in total. The molecule has 0 saturated carbocycles. The molecule has 0 radical (unpaired) electrons. The molecule has 1 aromatic rings. The minimum atomic E-state index is -0.107. The maximum atomic E-state index is 11.9. The van der Waals surface area contributed by atoms with Crippen molar-refractivity contribution in [2.24, 2.45) is 17.6 Å². The van der Waals surface area contributed by atoms with Crippen LogP contribution in [0.15, 0.2) is 17.5 Å². The second-order valence-electron chi connectivity index (χ2n) is 6.19. The zero-order valence-corrected chi connectivity index (χ0v) is 16.3. The smallest absolute Gasteiger partial charge is 0.224 e. The van der Waals surface area contributed by atoms with E-state index in [4.69, 9.17) is 5.73 Å². The number of nitrogens with zero attached hydrogens (tertiary/aromatic N) is 1. The first kappa shape index (κ1) is 22.7. The molecule has 2 heterocycles. The maximum absolute atomic E-state index is 11.9. The minimum absolute atomic E-state index is 0. The van der Waals surface area contributed by atoms with Crippen LogP contribution in [-0.4, -0.2) is 36.5 Å². The van der Waals surface area contributed by atoms with E-state index in [9.17, 15) is 4.79 Å². The molecule has 1 aromatic heterocycles. The third-order valence-electron chi connectivity index (χ3n) is 4.43. The van der Waals surface area contributed by atoms with Crippen molar-refractivity contribution in [1.82, 2.24) is 10.2 Å². The summed E-state index contributed by atoms with van der Waals surface area (Å²) in [5.74, 6) is 0.587. The first-order valence-corrected chi connectivity index (χ1v) is 8.72. The Kier molecular flexibility index (Phi) is 11.1. The molecule has 2 unspecified atom stereocenters. The summed E-state index contributed by atoms with van der Waals surface area (Å²) < 4.78 is 0. The first-order chi connectivity index (χ1) is 10.1. The summed E-state index contributed by atoms with van der Waals surface area (Å²) in [7, 11) is 0. The summed E-state index contributed by atoms with van der Waals surface area (Å²) in [5, 5.41) is 5.19. The molecular formula is C16H29Cl2N3OS. The molecular weight excluding hydrogens is 353 g/mol. The van der Waals surface area contributed by atoms with E-state index in [1.807, 2.05) is 25.2 Å². The number of thiophene rings is 1. The van der Waals surface area contributed by atoms with Gasteiger partial charge in [-0.2, -0.15) is 0 Å². The van der Waals surface area contributed by atoms with Crippen molar-refractivity contribution in [2.75, 3.05) is 19.6 Å². The summed E-state index contributed by atoms with van der Waals surface area (Å²) in [5.41, 5.74) is 5.76. The van der Waals surface area contributed by atoms with E-state index in [1.54, 1.807) is 0 Å². The molecule has 134 valence electrons. The van der Waals surface area contributed by atoms with Crippen LogP contribution < -0.4 is 11.1 Å². The average molecular weight is 382 g/mol. The molecule has 2 rings (SSSR count). The summed E-state index contributed by atoms with van der Waals surface area (Å²) in [6, 6.07) is 4.23. The third kappa shape index (κ3) is 7.40. The summed E-state index contributed by atoms with van der Waals surface area (Å²) in [4.78, 5) is 15.8. The number of carbonyl (C=O) groups excluding carboxylic acids is 1. The fraction of sp³-hybridized carbons (Fsp3) is 0.688. The van der Waals surface area contributed by atoms with Crippen molar-refractivity contribution in [3.05, 3.63) is 22.4 Å². The van der Waals surface area contributed by atoms with Gasteiger partial charge in [-0.05, 0) is 50.2 Å².